The van der Waals surface area contributed by atoms with E-state index >= 15 is 0 Å². The van der Waals surface area contributed by atoms with E-state index in [-0.39, 0.29) is 11.8 Å². The SMILES string of the molecule is CC(C)(C)c1ccc(N2CC[C@@H](CC(F)(F)F)C2=O)cc1. The lowest BCUT2D eigenvalue weighted by Crippen LogP contribution is -2.29. The van der Waals surface area contributed by atoms with Crippen molar-refractivity contribution in [2.45, 2.75) is 45.2 Å². The third kappa shape index (κ3) is 3.77. The molecule has 0 spiro atoms. The van der Waals surface area contributed by atoms with Crippen molar-refractivity contribution in [3.63, 3.8) is 0 Å². The van der Waals surface area contributed by atoms with Gasteiger partial charge in [-0.25, -0.2) is 0 Å². The standard InChI is InChI=1S/C16H20F3NO/c1-15(2,3)12-4-6-13(7-5-12)20-9-8-11(14(20)21)10-16(17,18)19/h4-7,11H,8-10H2,1-3H3/t11-/m0/s1. The van der Waals surface area contributed by atoms with Gasteiger partial charge in [0.25, 0.3) is 0 Å². The minimum Gasteiger partial charge on any atom is -0.312 e. The smallest absolute Gasteiger partial charge is 0.312 e. The maximum Gasteiger partial charge on any atom is 0.389 e. The molecule has 1 aromatic carbocycles. The van der Waals surface area contributed by atoms with Crippen molar-refractivity contribution in [3.8, 4) is 0 Å². The molecular weight excluding hydrogens is 279 g/mol. The predicted molar refractivity (Wildman–Crippen MR) is 76.3 cm³/mol. The third-order valence-corrected chi connectivity index (χ3v) is 3.84. The van der Waals surface area contributed by atoms with Crippen LogP contribution in [0.4, 0.5) is 18.9 Å². The molecule has 1 saturated heterocycles. The topological polar surface area (TPSA) is 20.3 Å². The van der Waals surface area contributed by atoms with E-state index in [9.17, 15) is 18.0 Å². The van der Waals surface area contributed by atoms with Crippen LogP contribution in [0.2, 0.25) is 0 Å². The Morgan fingerprint density at radius 2 is 1.71 bits per heavy atom. The number of anilines is 1. The summed E-state index contributed by atoms with van der Waals surface area (Å²) in [7, 11) is 0. The summed E-state index contributed by atoms with van der Waals surface area (Å²) in [6.07, 6.45) is -5.05. The van der Waals surface area contributed by atoms with Gasteiger partial charge in [-0.3, -0.25) is 4.79 Å². The first kappa shape index (κ1) is 15.9. The van der Waals surface area contributed by atoms with Crippen LogP contribution in [0.3, 0.4) is 0 Å². The fourth-order valence-electron chi connectivity index (χ4n) is 2.61. The number of nitrogens with zero attached hydrogens (tertiary/aromatic N) is 1. The highest BCUT2D eigenvalue weighted by atomic mass is 19.4. The Morgan fingerprint density at radius 1 is 1.14 bits per heavy atom. The molecule has 0 saturated carbocycles. The molecular formula is C16H20F3NO. The van der Waals surface area contributed by atoms with E-state index in [4.69, 9.17) is 0 Å². The van der Waals surface area contributed by atoms with Crippen molar-refractivity contribution in [2.24, 2.45) is 5.92 Å². The highest BCUT2D eigenvalue weighted by molar-refractivity contribution is 5.97. The first-order valence-corrected chi connectivity index (χ1v) is 7.06. The van der Waals surface area contributed by atoms with E-state index in [1.165, 1.54) is 4.90 Å². The summed E-state index contributed by atoms with van der Waals surface area (Å²) in [6.45, 7) is 6.61. The highest BCUT2D eigenvalue weighted by Crippen LogP contribution is 2.34. The molecule has 1 fully saturated rings. The van der Waals surface area contributed by atoms with Gasteiger partial charge in [0.15, 0.2) is 0 Å². The molecule has 0 N–H and O–H groups in total. The second kappa shape index (κ2) is 5.35. The lowest BCUT2D eigenvalue weighted by Gasteiger charge is -2.22. The summed E-state index contributed by atoms with van der Waals surface area (Å²) in [5, 5.41) is 0. The summed E-state index contributed by atoms with van der Waals surface area (Å²) in [4.78, 5) is 13.6. The van der Waals surface area contributed by atoms with Crippen LogP contribution < -0.4 is 4.90 Å². The summed E-state index contributed by atoms with van der Waals surface area (Å²) < 4.78 is 37.3. The molecule has 2 nitrogen and oxygen atoms in total. The Balaban J connectivity index is 2.12. The predicted octanol–water partition coefficient (Wildman–Crippen LogP) is 4.29. The number of rotatable bonds is 2. The number of halogens is 3. The molecule has 1 aliphatic rings. The van der Waals surface area contributed by atoms with Crippen LogP contribution >= 0.6 is 0 Å². The van der Waals surface area contributed by atoms with Crippen molar-refractivity contribution < 1.29 is 18.0 Å². The van der Waals surface area contributed by atoms with Crippen LogP contribution in [0.25, 0.3) is 0 Å². The summed E-state index contributed by atoms with van der Waals surface area (Å²) in [5.41, 5.74) is 1.81. The zero-order valence-electron chi connectivity index (χ0n) is 12.5. The van der Waals surface area contributed by atoms with Gasteiger partial charge in [-0.05, 0) is 29.5 Å². The van der Waals surface area contributed by atoms with Crippen LogP contribution in [-0.4, -0.2) is 18.6 Å². The number of alkyl halides is 3. The molecule has 0 bridgehead atoms. The van der Waals surface area contributed by atoms with Crippen LogP contribution in [0.1, 0.15) is 39.2 Å². The van der Waals surface area contributed by atoms with Gasteiger partial charge in [0.2, 0.25) is 5.91 Å². The zero-order chi connectivity index (χ0) is 15.8. The van der Waals surface area contributed by atoms with Crippen LogP contribution in [0.5, 0.6) is 0 Å². The van der Waals surface area contributed by atoms with Crippen molar-refractivity contribution >= 4 is 11.6 Å². The summed E-state index contributed by atoms with van der Waals surface area (Å²) in [5.74, 6) is -1.36. The summed E-state index contributed by atoms with van der Waals surface area (Å²) in [6, 6.07) is 7.49. The molecule has 5 heteroatoms. The quantitative estimate of drug-likeness (QED) is 0.797. The number of amides is 1. The molecule has 0 radical (unpaired) electrons. The third-order valence-electron chi connectivity index (χ3n) is 3.84. The average molecular weight is 299 g/mol. The zero-order valence-corrected chi connectivity index (χ0v) is 12.5. The number of hydrogen-bond acceptors (Lipinski definition) is 1. The fourth-order valence-corrected chi connectivity index (χ4v) is 2.61. The first-order chi connectivity index (χ1) is 9.58. The van der Waals surface area contributed by atoms with E-state index in [0.717, 1.165) is 5.56 Å². The van der Waals surface area contributed by atoms with E-state index < -0.39 is 24.4 Å². The minimum atomic E-state index is -4.29. The van der Waals surface area contributed by atoms with E-state index in [1.54, 1.807) is 0 Å². The summed E-state index contributed by atoms with van der Waals surface area (Å²) >= 11 is 0. The molecule has 1 aromatic rings. The van der Waals surface area contributed by atoms with Gasteiger partial charge in [-0.2, -0.15) is 13.2 Å². The molecule has 2 rings (SSSR count). The maximum absolute atomic E-state index is 12.4. The lowest BCUT2D eigenvalue weighted by molar-refractivity contribution is -0.151. The molecule has 1 amide bonds. The van der Waals surface area contributed by atoms with Crippen LogP contribution in [0.15, 0.2) is 24.3 Å². The number of benzene rings is 1. The second-order valence-electron chi connectivity index (χ2n) is 6.59. The molecule has 0 unspecified atom stereocenters. The minimum absolute atomic E-state index is 0.00632. The lowest BCUT2D eigenvalue weighted by atomic mass is 9.87. The van der Waals surface area contributed by atoms with Crippen LogP contribution in [-0.2, 0) is 10.2 Å². The Labute approximate surface area is 122 Å². The average Bonchev–Trinajstić information content (AvgIpc) is 2.68. The molecule has 1 atom stereocenters. The molecule has 116 valence electrons. The van der Waals surface area contributed by atoms with Gasteiger partial charge in [0.1, 0.15) is 0 Å². The van der Waals surface area contributed by atoms with Gasteiger partial charge >= 0.3 is 6.18 Å². The Kier molecular flexibility index (Phi) is 4.04. The van der Waals surface area contributed by atoms with Crippen LogP contribution in [0, 0.1) is 5.92 Å². The van der Waals surface area contributed by atoms with Crippen molar-refractivity contribution in [1.82, 2.24) is 0 Å². The molecule has 0 aliphatic carbocycles. The Bertz CT molecular complexity index is 514. The maximum atomic E-state index is 12.4. The normalized spacial score (nSPS) is 20.2. The highest BCUT2D eigenvalue weighted by Gasteiger charge is 2.40. The van der Waals surface area contributed by atoms with Gasteiger partial charge in [0, 0.05) is 18.2 Å². The van der Waals surface area contributed by atoms with Crippen molar-refractivity contribution in [3.05, 3.63) is 29.8 Å². The molecule has 1 heterocycles. The largest absolute Gasteiger partial charge is 0.389 e. The molecule has 1 aliphatic heterocycles. The van der Waals surface area contributed by atoms with Gasteiger partial charge < -0.3 is 4.90 Å². The Hall–Kier alpha value is -1.52. The van der Waals surface area contributed by atoms with Crippen molar-refractivity contribution in [1.29, 1.82) is 0 Å². The number of carbonyl (C=O) groups excluding carboxylic acids is 1. The monoisotopic (exact) mass is 299 g/mol. The van der Waals surface area contributed by atoms with Gasteiger partial charge in [0.05, 0.1) is 6.42 Å². The Morgan fingerprint density at radius 3 is 2.19 bits per heavy atom. The van der Waals surface area contributed by atoms with Crippen molar-refractivity contribution in [2.75, 3.05) is 11.4 Å². The number of carbonyl (C=O) groups is 1. The molecule has 0 aromatic heterocycles. The molecule has 21 heavy (non-hydrogen) atoms. The second-order valence-corrected chi connectivity index (χ2v) is 6.59. The van der Waals surface area contributed by atoms with E-state index in [0.29, 0.717) is 12.2 Å². The van der Waals surface area contributed by atoms with Gasteiger partial charge in [-0.1, -0.05) is 32.9 Å². The number of hydrogen-bond donors (Lipinski definition) is 0. The van der Waals surface area contributed by atoms with E-state index in [1.807, 2.05) is 24.3 Å². The first-order valence-electron chi connectivity index (χ1n) is 7.06. The van der Waals surface area contributed by atoms with E-state index in [2.05, 4.69) is 20.8 Å². The fraction of sp³-hybridized carbons (Fsp3) is 0.562. The van der Waals surface area contributed by atoms with Gasteiger partial charge in [-0.15, -0.1) is 0 Å².